The van der Waals surface area contributed by atoms with Gasteiger partial charge in [-0.25, -0.2) is 4.79 Å². The van der Waals surface area contributed by atoms with Gasteiger partial charge in [-0.3, -0.25) is 52.7 Å². The van der Waals surface area contributed by atoms with E-state index in [4.69, 9.17) is 9.47 Å². The monoisotopic (exact) mass is 1270 g/mol. The molecule has 3 heterocycles. The topological polar surface area (TPSA) is 323 Å². The average molecular weight is 1270 g/mol. The van der Waals surface area contributed by atoms with Gasteiger partial charge in [-0.15, -0.1) is 0 Å². The highest BCUT2D eigenvalue weighted by atomic mass is 16.6. The molecule has 0 aromatic carbocycles. The zero-order chi connectivity index (χ0) is 69.1. The number of rotatable bonds is 11. The molecule has 3 aliphatic rings. The molecule has 3 aliphatic heterocycles. The number of ether oxygens (including phenoxy) is 2. The molecule has 512 valence electrons. The Labute approximate surface area is 534 Å². The fourth-order valence-electron chi connectivity index (χ4n) is 11.0. The van der Waals surface area contributed by atoms with Gasteiger partial charge < -0.3 is 70.6 Å². The van der Waals surface area contributed by atoms with E-state index in [2.05, 4.69) is 26.6 Å². The molecule has 1 saturated heterocycles. The third-order valence-corrected chi connectivity index (χ3v) is 16.7. The van der Waals surface area contributed by atoms with Crippen LogP contribution < -0.4 is 26.6 Å². The minimum absolute atomic E-state index is 0.0280. The first-order chi connectivity index (χ1) is 41.7. The molecule has 0 aliphatic carbocycles. The number of aliphatic hydroxyl groups is 1. The van der Waals surface area contributed by atoms with E-state index in [-0.39, 0.29) is 68.8 Å². The van der Waals surface area contributed by atoms with Crippen LogP contribution in [-0.2, 0) is 67.0 Å². The summed E-state index contributed by atoms with van der Waals surface area (Å²) in [7, 11) is 8.31. The molecule has 13 atom stereocenters. The summed E-state index contributed by atoms with van der Waals surface area (Å²) < 4.78 is 11.4. The highest BCUT2D eigenvalue weighted by Gasteiger charge is 2.45. The molecule has 11 amide bonds. The van der Waals surface area contributed by atoms with Gasteiger partial charge in [0.2, 0.25) is 65.0 Å². The lowest BCUT2D eigenvalue weighted by Crippen LogP contribution is -2.63. The number of allylic oxidation sites excluding steroid dienone is 1. The van der Waals surface area contributed by atoms with Gasteiger partial charge in [-0.05, 0) is 93.8 Å². The molecule has 90 heavy (non-hydrogen) atoms. The van der Waals surface area contributed by atoms with E-state index in [1.165, 1.54) is 81.8 Å². The first kappa shape index (κ1) is 79.4. The summed E-state index contributed by atoms with van der Waals surface area (Å²) in [5.41, 5.74) is 0. The molecule has 0 aromatic rings. The molecule has 0 spiro atoms. The summed E-state index contributed by atoms with van der Waals surface area (Å²) in [4.78, 5) is 182. The van der Waals surface area contributed by atoms with E-state index in [0.717, 1.165) is 9.80 Å². The molecule has 2 bridgehead atoms. The Morgan fingerprint density at radius 3 is 1.47 bits per heavy atom. The normalized spacial score (nSPS) is 29.4. The number of nitrogens with one attached hydrogen (secondary N) is 5. The van der Waals surface area contributed by atoms with E-state index in [1.807, 2.05) is 55.4 Å². The fraction of sp³-hybridized carbons (Fsp3) is 0.781. The lowest BCUT2D eigenvalue weighted by atomic mass is 9.92. The van der Waals surface area contributed by atoms with E-state index in [1.54, 1.807) is 47.6 Å². The summed E-state index contributed by atoms with van der Waals surface area (Å²) in [5.74, 6) is -12.2. The zero-order valence-corrected chi connectivity index (χ0v) is 57.8. The van der Waals surface area contributed by atoms with Crippen LogP contribution in [0.15, 0.2) is 12.2 Å². The van der Waals surface area contributed by atoms with Crippen LogP contribution in [0.5, 0.6) is 0 Å². The van der Waals surface area contributed by atoms with E-state index < -0.39 is 174 Å². The van der Waals surface area contributed by atoms with Crippen LogP contribution in [0.3, 0.4) is 0 Å². The van der Waals surface area contributed by atoms with Crippen molar-refractivity contribution in [3.63, 3.8) is 0 Å². The maximum atomic E-state index is 15.2. The van der Waals surface area contributed by atoms with Crippen molar-refractivity contribution in [3.8, 4) is 0 Å². The van der Waals surface area contributed by atoms with Crippen molar-refractivity contribution in [3.05, 3.63) is 12.2 Å². The van der Waals surface area contributed by atoms with Crippen LogP contribution in [0.2, 0.25) is 0 Å². The minimum atomic E-state index is -1.77. The van der Waals surface area contributed by atoms with Crippen LogP contribution in [0.1, 0.15) is 149 Å². The van der Waals surface area contributed by atoms with Crippen molar-refractivity contribution < 1.29 is 72.1 Å². The maximum absolute atomic E-state index is 15.2. The average Bonchev–Trinajstić information content (AvgIpc) is 0.926. The van der Waals surface area contributed by atoms with Gasteiger partial charge in [0.05, 0.1) is 18.8 Å². The van der Waals surface area contributed by atoms with E-state index in [9.17, 15) is 48.3 Å². The molecular formula is C64H111N11O15. The number of likely N-dealkylation sites (N-methyl/N-ethyl adjacent to an activating group) is 6. The molecular weight excluding hydrogens is 1160 g/mol. The maximum Gasteiger partial charge on any atom is 0.332 e. The van der Waals surface area contributed by atoms with Crippen LogP contribution in [0, 0.1) is 41.4 Å². The summed E-state index contributed by atoms with van der Waals surface area (Å²) in [6, 6.07) is -13.6. The lowest BCUT2D eigenvalue weighted by molar-refractivity contribution is -0.156. The van der Waals surface area contributed by atoms with Gasteiger partial charge in [0.15, 0.2) is 0 Å². The second-order valence-corrected chi connectivity index (χ2v) is 27.0. The number of carbonyl (C=O) groups is 12. The zero-order valence-electron chi connectivity index (χ0n) is 57.8. The third-order valence-electron chi connectivity index (χ3n) is 16.7. The second kappa shape index (κ2) is 36.4. The highest BCUT2D eigenvalue weighted by molar-refractivity contribution is 6.00. The molecule has 0 saturated carbocycles. The first-order valence-electron chi connectivity index (χ1n) is 31.9. The van der Waals surface area contributed by atoms with Crippen LogP contribution in [-0.4, -0.2) is 240 Å². The van der Waals surface area contributed by atoms with Crippen molar-refractivity contribution in [1.29, 1.82) is 0 Å². The van der Waals surface area contributed by atoms with Crippen molar-refractivity contribution >= 4 is 70.9 Å². The summed E-state index contributed by atoms with van der Waals surface area (Å²) in [5, 5.41) is 25.7. The predicted molar refractivity (Wildman–Crippen MR) is 339 cm³/mol. The van der Waals surface area contributed by atoms with Gasteiger partial charge in [0.1, 0.15) is 73.6 Å². The number of amides is 11. The Morgan fingerprint density at radius 1 is 0.500 bits per heavy atom. The lowest BCUT2D eigenvalue weighted by Gasteiger charge is -2.40. The van der Waals surface area contributed by atoms with Crippen LogP contribution in [0.25, 0.3) is 0 Å². The number of nitrogens with zero attached hydrogens (tertiary/aromatic N) is 6. The third kappa shape index (κ3) is 22.6. The highest BCUT2D eigenvalue weighted by Crippen LogP contribution is 2.24. The van der Waals surface area contributed by atoms with Crippen molar-refractivity contribution in [2.24, 2.45) is 41.4 Å². The van der Waals surface area contributed by atoms with Crippen LogP contribution in [0.4, 0.5) is 0 Å². The summed E-state index contributed by atoms with van der Waals surface area (Å²) in [6.07, 6.45) is 0.463. The first-order valence-corrected chi connectivity index (χ1v) is 31.9. The van der Waals surface area contributed by atoms with Gasteiger partial charge in [0, 0.05) is 42.3 Å². The smallest absolute Gasteiger partial charge is 0.332 e. The molecule has 26 nitrogen and oxygen atoms in total. The Kier molecular flexibility index (Phi) is 32.1. The van der Waals surface area contributed by atoms with E-state index in [0.29, 0.717) is 0 Å². The molecule has 0 aromatic heterocycles. The molecule has 6 N–H and O–H groups in total. The summed E-state index contributed by atoms with van der Waals surface area (Å²) in [6.45, 7) is 25.8. The van der Waals surface area contributed by atoms with Crippen molar-refractivity contribution in [2.75, 3.05) is 62.0 Å². The van der Waals surface area contributed by atoms with Gasteiger partial charge in [-0.1, -0.05) is 109 Å². The molecule has 3 rings (SSSR count). The quantitative estimate of drug-likeness (QED) is 0.0977. The standard InChI is InChI=1S/C64H111N11O15/c1-23-43-60(84)70(17)32-48(76)71(18)44(28-34(2)3)57(81)67-50(38(10)11)63(87)72(19)45(29-35(4)5)56(80)65-41(15)55(79)68-51-42(16)90-33-49(77)89-27-25-24-26-40(14)54(78)52(58(82)66-43)69-59(83)53(39(12)13)75(22)62(86)47(31-37(8)9)73(20)61(85)46(30-36(6)7)74(21)64(51)88/h24-25,34-47,50-54,78H,23,26-33H2,1-22H3,(H,65,80)(H,66,82)(H,67,81)(H,68,79)(H,69,83)/b25-24+/t40-,41-,42?,43-,44-,45-,46-,47-,50-,51+,52-,53-,54-/m0/s1. The number of hydrogen-bond donors (Lipinski definition) is 6. The Morgan fingerprint density at radius 2 is 0.967 bits per heavy atom. The molecule has 0 radical (unpaired) electrons. The minimum Gasteiger partial charge on any atom is -0.460 e. The Hall–Kier alpha value is -6.70. The Bertz CT molecular complexity index is 2520. The number of fused-ring (bicyclic) bond motifs is 38. The van der Waals surface area contributed by atoms with Gasteiger partial charge in [0.25, 0.3) is 0 Å². The predicted octanol–water partition coefficient (Wildman–Crippen LogP) is 1.85. The van der Waals surface area contributed by atoms with Crippen molar-refractivity contribution in [2.45, 2.75) is 222 Å². The van der Waals surface area contributed by atoms with Crippen LogP contribution >= 0.6 is 0 Å². The summed E-state index contributed by atoms with van der Waals surface area (Å²) >= 11 is 0. The largest absolute Gasteiger partial charge is 0.460 e. The second-order valence-electron chi connectivity index (χ2n) is 27.0. The molecule has 26 heteroatoms. The number of esters is 1. The van der Waals surface area contributed by atoms with E-state index >= 15 is 14.4 Å². The van der Waals surface area contributed by atoms with Gasteiger partial charge in [-0.2, -0.15) is 0 Å². The number of hydrogen-bond acceptors (Lipinski definition) is 15. The Balaban J connectivity index is 3.18. The van der Waals surface area contributed by atoms with Crippen molar-refractivity contribution in [1.82, 2.24) is 56.0 Å². The fourth-order valence-corrected chi connectivity index (χ4v) is 11.0. The number of carbonyl (C=O) groups excluding carboxylic acids is 12. The SMILES string of the molecule is CC[C@@H]1NC(=O)[C@H]2NC(=O)[C@H](C(C)C)N(C)C(=O)[C@H](CC(C)C)N(C)C(=O)[C@H](CC(C)C)N(C)C(=O)[C@H](NC(=O)[C@H](C)NC(=O)[C@H](CC(C)C)N(C)C(=O)[C@H](C(C)C)NC(=O)[C@H](CC(C)C)N(C)C(=O)CN(C)C1=O)C(C)OCC(=O)OC/C=C/C[C@H](C)[C@@H]2O. The van der Waals surface area contributed by atoms with Gasteiger partial charge >= 0.3 is 5.97 Å². The molecule has 1 fully saturated rings. The number of aliphatic hydroxyl groups excluding tert-OH is 1. The molecule has 1 unspecified atom stereocenters.